The lowest BCUT2D eigenvalue weighted by Crippen LogP contribution is -2.50. The predicted octanol–water partition coefficient (Wildman–Crippen LogP) is 6.03. The molecule has 0 saturated carbocycles. The van der Waals surface area contributed by atoms with E-state index in [2.05, 4.69) is 20.0 Å². The minimum Gasteiger partial charge on any atom is -0.491 e. The fourth-order valence-corrected chi connectivity index (χ4v) is 5.98. The summed E-state index contributed by atoms with van der Waals surface area (Å²) in [5, 5.41) is 13.8. The number of methoxy groups -OCH3 is 1. The normalized spacial score (nSPS) is 16.5. The van der Waals surface area contributed by atoms with Crippen molar-refractivity contribution in [3.8, 4) is 16.9 Å². The number of carbonyl (C=O) groups excluding carboxylic acids is 2. The van der Waals surface area contributed by atoms with Gasteiger partial charge in [-0.3, -0.25) is 5.32 Å². The fraction of sp³-hybridized carbons (Fsp3) is 0.344. The van der Waals surface area contributed by atoms with E-state index < -0.39 is 23.4 Å². The van der Waals surface area contributed by atoms with E-state index in [1.54, 1.807) is 9.80 Å². The molecule has 4 aromatic rings. The number of H-pyrrole nitrogens is 1. The number of rotatable bonds is 3. The second kappa shape index (κ2) is 11.6. The van der Waals surface area contributed by atoms with Crippen molar-refractivity contribution in [2.75, 3.05) is 38.7 Å². The molecule has 0 radical (unpaired) electrons. The van der Waals surface area contributed by atoms with E-state index in [1.807, 2.05) is 37.3 Å². The average molecular weight is 624 g/mol. The number of nitrogens with zero attached hydrogens (tertiary/aromatic N) is 3. The van der Waals surface area contributed by atoms with Gasteiger partial charge in [0, 0.05) is 18.7 Å². The van der Waals surface area contributed by atoms with Crippen LogP contribution in [0.2, 0.25) is 0 Å². The largest absolute Gasteiger partial charge is 0.491 e. The summed E-state index contributed by atoms with van der Waals surface area (Å²) >= 11 is 0. The number of likely N-dealkylation sites (tertiary alicyclic amines) is 1. The fourth-order valence-electron chi connectivity index (χ4n) is 5.98. The highest BCUT2D eigenvalue weighted by molar-refractivity contribution is 5.88. The van der Waals surface area contributed by atoms with Crippen LogP contribution in [0, 0.1) is 6.92 Å². The monoisotopic (exact) mass is 623 g/mol. The molecular formula is C32H32F3N5O5. The summed E-state index contributed by atoms with van der Waals surface area (Å²) in [7, 11) is 1.27. The molecule has 0 aliphatic carbocycles. The Bertz CT molecular complexity index is 1760. The molecule has 3 aromatic carbocycles. The van der Waals surface area contributed by atoms with Crippen LogP contribution in [0.25, 0.3) is 22.2 Å². The maximum atomic E-state index is 13.7. The maximum Gasteiger partial charge on any atom is 0.416 e. The number of piperidine rings is 1. The van der Waals surface area contributed by atoms with Crippen LogP contribution in [0.4, 0.5) is 28.7 Å². The average Bonchev–Trinajstić information content (AvgIpc) is 3.29. The standard InChI is InChI=1S/C32H32F3N5O5/c1-19-14-21(20-6-7-25-26(16-20)37-28(36-25)38-29(41)44-2)15-22-18-40(12-13-45-27(19)22)30(42)39-10-8-31(43,9-11-39)23-4-3-5-24(17-23)32(33,34)35/h3-7,14-17,43H,8-13,18H2,1-2H3,(H2,36,37,38,41). The van der Waals surface area contributed by atoms with Crippen molar-refractivity contribution < 1.29 is 37.3 Å². The van der Waals surface area contributed by atoms with Crippen molar-refractivity contribution in [2.24, 2.45) is 0 Å². The molecule has 0 spiro atoms. The molecule has 1 aromatic heterocycles. The number of aromatic amines is 1. The van der Waals surface area contributed by atoms with Gasteiger partial charge in [0.05, 0.1) is 42.4 Å². The first-order valence-electron chi connectivity index (χ1n) is 14.5. The van der Waals surface area contributed by atoms with Gasteiger partial charge in [-0.05, 0) is 78.4 Å². The number of benzene rings is 3. The van der Waals surface area contributed by atoms with E-state index in [4.69, 9.17) is 4.74 Å². The van der Waals surface area contributed by atoms with Crippen LogP contribution in [0.15, 0.2) is 54.6 Å². The number of aryl methyl sites for hydroxylation is 1. The summed E-state index contributed by atoms with van der Waals surface area (Å²) in [5.41, 5.74) is 2.88. The predicted molar refractivity (Wildman–Crippen MR) is 160 cm³/mol. The summed E-state index contributed by atoms with van der Waals surface area (Å²) in [6.45, 7) is 3.31. The van der Waals surface area contributed by atoms with E-state index in [0.717, 1.165) is 45.7 Å². The number of alkyl halides is 3. The highest BCUT2D eigenvalue weighted by Gasteiger charge is 2.39. The lowest BCUT2D eigenvalue weighted by Gasteiger charge is -2.40. The number of aromatic nitrogens is 2. The Morgan fingerprint density at radius 3 is 2.56 bits per heavy atom. The highest BCUT2D eigenvalue weighted by atomic mass is 19.4. The van der Waals surface area contributed by atoms with Gasteiger partial charge in [0.1, 0.15) is 12.4 Å². The molecule has 13 heteroatoms. The number of fused-ring (bicyclic) bond motifs is 2. The first-order chi connectivity index (χ1) is 21.4. The lowest BCUT2D eigenvalue weighted by atomic mass is 9.84. The molecule has 0 bridgehead atoms. The smallest absolute Gasteiger partial charge is 0.416 e. The number of nitrogens with one attached hydrogen (secondary N) is 2. The molecule has 10 nitrogen and oxygen atoms in total. The Hall–Kier alpha value is -4.78. The number of amides is 3. The van der Waals surface area contributed by atoms with Gasteiger partial charge in [-0.2, -0.15) is 13.2 Å². The van der Waals surface area contributed by atoms with Crippen molar-refractivity contribution in [3.05, 3.63) is 76.9 Å². The molecule has 3 N–H and O–H groups in total. The van der Waals surface area contributed by atoms with Gasteiger partial charge in [-0.1, -0.05) is 18.2 Å². The molecule has 3 heterocycles. The molecule has 0 atom stereocenters. The minimum absolute atomic E-state index is 0.122. The van der Waals surface area contributed by atoms with Crippen molar-refractivity contribution in [1.29, 1.82) is 0 Å². The number of hydrogen-bond acceptors (Lipinski definition) is 6. The second-order valence-corrected chi connectivity index (χ2v) is 11.4. The van der Waals surface area contributed by atoms with E-state index in [9.17, 15) is 27.9 Å². The summed E-state index contributed by atoms with van der Waals surface area (Å²) in [4.78, 5) is 36.0. The Morgan fingerprint density at radius 1 is 1.04 bits per heavy atom. The van der Waals surface area contributed by atoms with E-state index in [1.165, 1.54) is 19.2 Å². The van der Waals surface area contributed by atoms with Crippen LogP contribution in [0.1, 0.15) is 35.1 Å². The zero-order valence-corrected chi connectivity index (χ0v) is 24.7. The van der Waals surface area contributed by atoms with Crippen LogP contribution in [0.3, 0.4) is 0 Å². The first-order valence-corrected chi connectivity index (χ1v) is 14.5. The Labute approximate surface area is 256 Å². The first kappa shape index (κ1) is 30.3. The van der Waals surface area contributed by atoms with Crippen LogP contribution < -0.4 is 10.1 Å². The summed E-state index contributed by atoms with van der Waals surface area (Å²) in [6.07, 6.45) is -4.90. The number of anilines is 1. The summed E-state index contributed by atoms with van der Waals surface area (Å²) < 4.78 is 50.5. The van der Waals surface area contributed by atoms with Crippen molar-refractivity contribution in [1.82, 2.24) is 19.8 Å². The Morgan fingerprint density at radius 2 is 1.82 bits per heavy atom. The zero-order valence-electron chi connectivity index (χ0n) is 24.7. The quantitative estimate of drug-likeness (QED) is 0.256. The van der Waals surface area contributed by atoms with E-state index >= 15 is 0 Å². The molecular weight excluding hydrogens is 591 g/mol. The summed E-state index contributed by atoms with van der Waals surface area (Å²) in [6, 6.07) is 14.2. The number of carbonyl (C=O) groups is 2. The van der Waals surface area contributed by atoms with E-state index in [0.29, 0.717) is 25.2 Å². The molecule has 236 valence electrons. The number of aliphatic hydroxyl groups is 1. The maximum absolute atomic E-state index is 13.7. The topological polar surface area (TPSA) is 120 Å². The van der Waals surface area contributed by atoms with Crippen molar-refractivity contribution in [2.45, 2.75) is 38.1 Å². The SMILES string of the molecule is COC(=O)Nc1nc2ccc(-c3cc(C)c4c(c3)CN(C(=O)N3CCC(O)(c5cccc(C(F)(F)F)c5)CC3)CCO4)cc2[nH]1. The lowest BCUT2D eigenvalue weighted by molar-refractivity contribution is -0.137. The van der Waals surface area contributed by atoms with Crippen LogP contribution >= 0.6 is 0 Å². The van der Waals surface area contributed by atoms with Gasteiger partial charge in [-0.15, -0.1) is 0 Å². The van der Waals surface area contributed by atoms with Gasteiger partial charge in [0.15, 0.2) is 0 Å². The zero-order chi connectivity index (χ0) is 31.9. The van der Waals surface area contributed by atoms with Gasteiger partial charge in [-0.25, -0.2) is 14.6 Å². The van der Waals surface area contributed by atoms with Gasteiger partial charge in [0.25, 0.3) is 0 Å². The molecule has 45 heavy (non-hydrogen) atoms. The second-order valence-electron chi connectivity index (χ2n) is 11.4. The number of imidazole rings is 1. The molecule has 1 fully saturated rings. The number of urea groups is 1. The number of ether oxygens (including phenoxy) is 2. The minimum atomic E-state index is -4.51. The van der Waals surface area contributed by atoms with Gasteiger partial charge < -0.3 is 29.4 Å². The van der Waals surface area contributed by atoms with Crippen molar-refractivity contribution >= 4 is 29.1 Å². The molecule has 3 amide bonds. The number of halogens is 3. The Kier molecular flexibility index (Phi) is 7.81. The third kappa shape index (κ3) is 6.12. The third-order valence-electron chi connectivity index (χ3n) is 8.40. The van der Waals surface area contributed by atoms with E-state index in [-0.39, 0.29) is 43.5 Å². The van der Waals surface area contributed by atoms with Gasteiger partial charge in [0.2, 0.25) is 5.95 Å². The van der Waals surface area contributed by atoms with Crippen LogP contribution in [0.5, 0.6) is 5.75 Å². The number of hydrogen-bond donors (Lipinski definition) is 3. The highest BCUT2D eigenvalue weighted by Crippen LogP contribution is 2.38. The van der Waals surface area contributed by atoms with Crippen LogP contribution in [-0.2, 0) is 23.1 Å². The molecule has 2 aliphatic heterocycles. The molecule has 1 saturated heterocycles. The Balaban J connectivity index is 1.18. The van der Waals surface area contributed by atoms with Crippen LogP contribution in [-0.4, -0.2) is 70.3 Å². The molecule has 2 aliphatic rings. The third-order valence-corrected chi connectivity index (χ3v) is 8.40. The molecule has 0 unspecified atom stereocenters. The molecule has 6 rings (SSSR count). The summed E-state index contributed by atoms with van der Waals surface area (Å²) in [5.74, 6) is 0.986. The van der Waals surface area contributed by atoms with Gasteiger partial charge >= 0.3 is 18.3 Å². The van der Waals surface area contributed by atoms with Crippen molar-refractivity contribution in [3.63, 3.8) is 0 Å².